The number of nitrogens with one attached hydrogen (secondary N) is 1. The van der Waals surface area contributed by atoms with E-state index in [-0.39, 0.29) is 6.04 Å². The summed E-state index contributed by atoms with van der Waals surface area (Å²) in [4.78, 5) is 2.81. The van der Waals surface area contributed by atoms with Gasteiger partial charge < -0.3 is 0 Å². The van der Waals surface area contributed by atoms with Crippen molar-refractivity contribution in [2.24, 2.45) is 0 Å². The Bertz CT molecular complexity index is 335. The molecule has 0 aromatic carbocycles. The molecule has 0 aliphatic heterocycles. The molecule has 0 aliphatic rings. The number of terminal acetylenes is 1. The minimum Gasteiger partial charge on any atom is -0.296 e. The van der Waals surface area contributed by atoms with Gasteiger partial charge in [-0.25, -0.2) is 0 Å². The smallest absolute Gasteiger partial charge is 0.0689 e. The molecule has 2 heteroatoms. The molecule has 1 heterocycles. The largest absolute Gasteiger partial charge is 0.296 e. The number of hydrogen-bond acceptors (Lipinski definition) is 2. The highest BCUT2D eigenvalue weighted by molar-refractivity contribution is 7.12. The van der Waals surface area contributed by atoms with Crippen LogP contribution in [0.2, 0.25) is 0 Å². The van der Waals surface area contributed by atoms with Crippen molar-refractivity contribution in [1.82, 2.24) is 5.32 Å². The summed E-state index contributed by atoms with van der Waals surface area (Å²) in [5.74, 6) is 2.77. The van der Waals surface area contributed by atoms with Gasteiger partial charge in [0.15, 0.2) is 0 Å². The van der Waals surface area contributed by atoms with Gasteiger partial charge in [0.2, 0.25) is 0 Å². The normalized spacial score (nSPS) is 14.5. The third-order valence-electron chi connectivity index (χ3n) is 2.52. The van der Waals surface area contributed by atoms with Crippen LogP contribution in [0.25, 0.3) is 0 Å². The molecule has 2 atom stereocenters. The number of thiophene rings is 1. The molecule has 0 aliphatic carbocycles. The SMILES string of the molecule is C#CC(CC)NC(C)c1ccc(CC)s1. The monoisotopic (exact) mass is 221 g/mol. The van der Waals surface area contributed by atoms with Crippen LogP contribution in [-0.2, 0) is 6.42 Å². The maximum absolute atomic E-state index is 5.43. The van der Waals surface area contributed by atoms with Crippen LogP contribution >= 0.6 is 11.3 Å². The van der Waals surface area contributed by atoms with Gasteiger partial charge in [-0.3, -0.25) is 5.32 Å². The first-order valence-electron chi connectivity index (χ1n) is 5.52. The van der Waals surface area contributed by atoms with Gasteiger partial charge in [0.05, 0.1) is 6.04 Å². The van der Waals surface area contributed by atoms with Crippen molar-refractivity contribution in [3.05, 3.63) is 21.9 Å². The Morgan fingerprint density at radius 3 is 2.67 bits per heavy atom. The van der Waals surface area contributed by atoms with Crippen molar-refractivity contribution in [3.63, 3.8) is 0 Å². The summed E-state index contributed by atoms with van der Waals surface area (Å²) in [5.41, 5.74) is 0. The lowest BCUT2D eigenvalue weighted by Gasteiger charge is -2.16. The van der Waals surface area contributed by atoms with Crippen LogP contribution in [0.5, 0.6) is 0 Å². The molecule has 0 bridgehead atoms. The van der Waals surface area contributed by atoms with E-state index in [4.69, 9.17) is 6.42 Å². The first kappa shape index (κ1) is 12.3. The first-order chi connectivity index (χ1) is 7.21. The molecule has 15 heavy (non-hydrogen) atoms. The van der Waals surface area contributed by atoms with Gasteiger partial charge in [0, 0.05) is 15.8 Å². The zero-order valence-electron chi connectivity index (χ0n) is 9.71. The standard InChI is InChI=1S/C13H19NS/c1-5-11(6-2)14-10(4)13-9-8-12(7-3)15-13/h1,8-11,14H,6-7H2,2-4H3. The van der Waals surface area contributed by atoms with Crippen LogP contribution in [0.15, 0.2) is 12.1 Å². The molecule has 1 nitrogen and oxygen atoms in total. The Hall–Kier alpha value is -0.780. The third kappa shape index (κ3) is 3.37. The van der Waals surface area contributed by atoms with E-state index < -0.39 is 0 Å². The lowest BCUT2D eigenvalue weighted by atomic mass is 10.2. The van der Waals surface area contributed by atoms with E-state index >= 15 is 0 Å². The van der Waals surface area contributed by atoms with E-state index in [1.807, 2.05) is 11.3 Å². The maximum atomic E-state index is 5.43. The minimum absolute atomic E-state index is 0.187. The molecule has 0 saturated carbocycles. The number of rotatable bonds is 5. The molecular formula is C13H19NS. The van der Waals surface area contributed by atoms with E-state index in [1.54, 1.807) is 0 Å². The third-order valence-corrected chi connectivity index (χ3v) is 3.93. The van der Waals surface area contributed by atoms with Crippen LogP contribution in [0.1, 0.15) is 43.0 Å². The van der Waals surface area contributed by atoms with Crippen LogP contribution in [0.3, 0.4) is 0 Å². The van der Waals surface area contributed by atoms with Crippen molar-refractivity contribution in [1.29, 1.82) is 0 Å². The second-order valence-electron chi connectivity index (χ2n) is 3.67. The van der Waals surface area contributed by atoms with E-state index in [2.05, 4.69) is 44.1 Å². The molecular weight excluding hydrogens is 202 g/mol. The summed E-state index contributed by atoms with van der Waals surface area (Å²) >= 11 is 1.87. The van der Waals surface area contributed by atoms with E-state index in [1.165, 1.54) is 9.75 Å². The molecule has 0 radical (unpaired) electrons. The highest BCUT2D eigenvalue weighted by atomic mass is 32.1. The Labute approximate surface area is 96.9 Å². The average molecular weight is 221 g/mol. The highest BCUT2D eigenvalue weighted by Gasteiger charge is 2.11. The Kier molecular flexibility index (Phi) is 4.87. The predicted octanol–water partition coefficient (Wildman–Crippen LogP) is 3.37. The zero-order valence-corrected chi connectivity index (χ0v) is 10.5. The number of hydrogen-bond donors (Lipinski definition) is 1. The van der Waals surface area contributed by atoms with Gasteiger partial charge >= 0.3 is 0 Å². The van der Waals surface area contributed by atoms with Gasteiger partial charge in [0.1, 0.15) is 0 Å². The molecule has 1 N–H and O–H groups in total. The van der Waals surface area contributed by atoms with Crippen molar-refractivity contribution in [2.45, 2.75) is 45.7 Å². The lowest BCUT2D eigenvalue weighted by molar-refractivity contribution is 0.518. The molecule has 0 fully saturated rings. The van der Waals surface area contributed by atoms with Crippen molar-refractivity contribution in [3.8, 4) is 12.3 Å². The summed E-state index contributed by atoms with van der Waals surface area (Å²) < 4.78 is 0. The Balaban J connectivity index is 2.60. The second-order valence-corrected chi connectivity index (χ2v) is 4.87. The van der Waals surface area contributed by atoms with Crippen molar-refractivity contribution < 1.29 is 0 Å². The summed E-state index contributed by atoms with van der Waals surface area (Å²) in [6.07, 6.45) is 7.53. The van der Waals surface area contributed by atoms with Crippen molar-refractivity contribution in [2.75, 3.05) is 0 Å². The Morgan fingerprint density at radius 2 is 2.20 bits per heavy atom. The molecule has 1 rings (SSSR count). The van der Waals surface area contributed by atoms with Crippen LogP contribution < -0.4 is 5.32 Å². The molecule has 1 aromatic rings. The zero-order chi connectivity index (χ0) is 11.3. The summed E-state index contributed by atoms with van der Waals surface area (Å²) in [7, 11) is 0. The molecule has 0 spiro atoms. The van der Waals surface area contributed by atoms with Gasteiger partial charge in [-0.15, -0.1) is 17.8 Å². The number of aryl methyl sites for hydroxylation is 1. The minimum atomic E-state index is 0.187. The fourth-order valence-corrected chi connectivity index (χ4v) is 2.45. The fourth-order valence-electron chi connectivity index (χ4n) is 1.48. The molecule has 1 aromatic heterocycles. The predicted molar refractivity (Wildman–Crippen MR) is 68.2 cm³/mol. The van der Waals surface area contributed by atoms with Crippen LogP contribution in [0.4, 0.5) is 0 Å². The van der Waals surface area contributed by atoms with Crippen molar-refractivity contribution >= 4 is 11.3 Å². The van der Waals surface area contributed by atoms with Crippen LogP contribution in [0, 0.1) is 12.3 Å². The highest BCUT2D eigenvalue weighted by Crippen LogP contribution is 2.23. The first-order valence-corrected chi connectivity index (χ1v) is 6.33. The Morgan fingerprint density at radius 1 is 1.47 bits per heavy atom. The lowest BCUT2D eigenvalue weighted by Crippen LogP contribution is -2.29. The van der Waals surface area contributed by atoms with Gasteiger partial charge in [-0.05, 0) is 31.9 Å². The second kappa shape index (κ2) is 5.95. The summed E-state index contributed by atoms with van der Waals surface area (Å²) in [6, 6.07) is 4.95. The fraction of sp³-hybridized carbons (Fsp3) is 0.538. The molecule has 2 unspecified atom stereocenters. The van der Waals surface area contributed by atoms with E-state index in [0.29, 0.717) is 6.04 Å². The van der Waals surface area contributed by atoms with Gasteiger partial charge in [0.25, 0.3) is 0 Å². The molecule has 82 valence electrons. The van der Waals surface area contributed by atoms with Gasteiger partial charge in [-0.2, -0.15) is 0 Å². The quantitative estimate of drug-likeness (QED) is 0.752. The molecule has 0 saturated heterocycles. The molecule has 0 amide bonds. The van der Waals surface area contributed by atoms with Crippen LogP contribution in [-0.4, -0.2) is 6.04 Å². The van der Waals surface area contributed by atoms with Gasteiger partial charge in [-0.1, -0.05) is 19.8 Å². The topological polar surface area (TPSA) is 12.0 Å². The average Bonchev–Trinajstić information content (AvgIpc) is 2.74. The van der Waals surface area contributed by atoms with E-state index in [9.17, 15) is 0 Å². The maximum Gasteiger partial charge on any atom is 0.0689 e. The van der Waals surface area contributed by atoms with E-state index in [0.717, 1.165) is 12.8 Å². The summed E-state index contributed by atoms with van der Waals surface area (Å²) in [5, 5.41) is 3.44. The summed E-state index contributed by atoms with van der Waals surface area (Å²) in [6.45, 7) is 6.46.